The molecular weight excluding hydrogens is 476 g/mol. The van der Waals surface area contributed by atoms with Crippen LogP contribution in [-0.4, -0.2) is 29.9 Å². The maximum absolute atomic E-state index is 12.6. The van der Waals surface area contributed by atoms with Gasteiger partial charge in [0.2, 0.25) is 0 Å². The molecule has 0 aliphatic carbocycles. The molecule has 1 aliphatic rings. The lowest BCUT2D eigenvalue weighted by Gasteiger charge is -2.26. The third-order valence-corrected chi connectivity index (χ3v) is 6.54. The molecule has 0 saturated carbocycles. The first-order chi connectivity index (χ1) is 18.3. The number of hydrogen-bond donors (Lipinski definition) is 1. The van der Waals surface area contributed by atoms with Crippen LogP contribution in [0.2, 0.25) is 0 Å². The number of benzene rings is 3. The van der Waals surface area contributed by atoms with Gasteiger partial charge in [0.1, 0.15) is 12.2 Å². The first-order valence-electron chi connectivity index (χ1n) is 12.9. The van der Waals surface area contributed by atoms with Crippen molar-refractivity contribution in [2.24, 2.45) is 0 Å². The lowest BCUT2D eigenvalue weighted by Crippen LogP contribution is -2.28. The molecule has 196 valence electrons. The second-order valence-electron chi connectivity index (χ2n) is 10.5. The summed E-state index contributed by atoms with van der Waals surface area (Å²) in [5.41, 5.74) is 4.90. The Bertz CT molecular complexity index is 1460. The summed E-state index contributed by atoms with van der Waals surface area (Å²) in [7, 11) is 1.68. The number of carbonyl (C=O) groups excluding carboxylic acids is 1. The van der Waals surface area contributed by atoms with Gasteiger partial charge in [0.15, 0.2) is 11.5 Å². The van der Waals surface area contributed by atoms with Crippen molar-refractivity contribution in [2.75, 3.05) is 13.7 Å². The predicted molar refractivity (Wildman–Crippen MR) is 151 cm³/mol. The summed E-state index contributed by atoms with van der Waals surface area (Å²) in [5, 5.41) is 4.59. The molecule has 1 aliphatic heterocycles. The minimum Gasteiger partial charge on any atom is -0.493 e. The quantitative estimate of drug-likeness (QED) is 0.305. The molecule has 2 heterocycles. The largest absolute Gasteiger partial charge is 0.493 e. The summed E-state index contributed by atoms with van der Waals surface area (Å²) >= 11 is 0. The van der Waals surface area contributed by atoms with Gasteiger partial charge in [-0.05, 0) is 79.8 Å². The Balaban J connectivity index is 1.34. The molecule has 0 amide bonds. The molecule has 0 spiro atoms. The van der Waals surface area contributed by atoms with Crippen molar-refractivity contribution >= 4 is 23.1 Å². The van der Waals surface area contributed by atoms with Crippen molar-refractivity contribution in [2.45, 2.75) is 45.4 Å². The maximum Gasteiger partial charge on any atom is 0.418 e. The van der Waals surface area contributed by atoms with Crippen LogP contribution in [0.1, 0.15) is 49.1 Å². The number of hydrogen-bond acceptors (Lipinski definition) is 5. The van der Waals surface area contributed by atoms with Gasteiger partial charge in [0.25, 0.3) is 0 Å². The highest BCUT2D eigenvalue weighted by Gasteiger charge is 2.22. The number of nitrogens with zero attached hydrogens (tertiary/aromatic N) is 1. The lowest BCUT2D eigenvalue weighted by molar-refractivity contribution is 0.0544. The van der Waals surface area contributed by atoms with Crippen LogP contribution in [0.25, 0.3) is 17.0 Å². The zero-order valence-electron chi connectivity index (χ0n) is 22.4. The fraction of sp³-hybridized carbons (Fsp3) is 0.281. The van der Waals surface area contributed by atoms with E-state index in [4.69, 9.17) is 14.2 Å². The Morgan fingerprint density at radius 1 is 1.05 bits per heavy atom. The number of methoxy groups -OCH3 is 1. The van der Waals surface area contributed by atoms with E-state index in [0.717, 1.165) is 46.5 Å². The second kappa shape index (κ2) is 10.8. The van der Waals surface area contributed by atoms with Crippen LogP contribution in [0, 0.1) is 0 Å². The molecule has 0 fully saturated rings. The molecule has 38 heavy (non-hydrogen) atoms. The van der Waals surface area contributed by atoms with Gasteiger partial charge in [-0.15, -0.1) is 0 Å². The van der Waals surface area contributed by atoms with Crippen LogP contribution in [0.3, 0.4) is 0 Å². The van der Waals surface area contributed by atoms with Crippen molar-refractivity contribution in [3.8, 4) is 11.5 Å². The fourth-order valence-electron chi connectivity index (χ4n) is 4.72. The highest BCUT2D eigenvalue weighted by Crippen LogP contribution is 2.36. The number of ether oxygens (including phenoxy) is 3. The van der Waals surface area contributed by atoms with Gasteiger partial charge in [-0.1, -0.05) is 48.6 Å². The molecule has 4 aromatic rings. The smallest absolute Gasteiger partial charge is 0.418 e. The Hall–Kier alpha value is -4.03. The summed E-state index contributed by atoms with van der Waals surface area (Å²) in [6, 6.07) is 22.4. The van der Waals surface area contributed by atoms with Gasteiger partial charge in [-0.25, -0.2) is 4.79 Å². The minimum atomic E-state index is -0.545. The van der Waals surface area contributed by atoms with Gasteiger partial charge >= 0.3 is 6.09 Å². The van der Waals surface area contributed by atoms with Gasteiger partial charge in [-0.2, -0.15) is 0 Å². The van der Waals surface area contributed by atoms with E-state index in [1.807, 2.05) is 57.2 Å². The van der Waals surface area contributed by atoms with Crippen LogP contribution < -0.4 is 14.8 Å². The lowest BCUT2D eigenvalue weighted by atomic mass is 9.93. The van der Waals surface area contributed by atoms with Crippen molar-refractivity contribution in [3.05, 3.63) is 101 Å². The molecule has 5 rings (SSSR count). The third-order valence-electron chi connectivity index (χ3n) is 6.54. The maximum atomic E-state index is 12.6. The summed E-state index contributed by atoms with van der Waals surface area (Å²) in [6.07, 6.45) is 6.60. The average molecular weight is 511 g/mol. The first kappa shape index (κ1) is 25.6. The average Bonchev–Trinajstić information content (AvgIpc) is 3.33. The zero-order chi connectivity index (χ0) is 26.7. The number of aromatic nitrogens is 1. The van der Waals surface area contributed by atoms with Crippen LogP contribution in [0.5, 0.6) is 11.5 Å². The Kier molecular flexibility index (Phi) is 7.25. The van der Waals surface area contributed by atoms with E-state index in [-0.39, 0.29) is 12.1 Å². The van der Waals surface area contributed by atoms with E-state index in [9.17, 15) is 4.79 Å². The molecule has 1 unspecified atom stereocenters. The van der Waals surface area contributed by atoms with Crippen LogP contribution in [0.4, 0.5) is 4.79 Å². The van der Waals surface area contributed by atoms with E-state index in [0.29, 0.717) is 6.61 Å². The molecule has 3 aromatic carbocycles. The summed E-state index contributed by atoms with van der Waals surface area (Å²) in [6.45, 7) is 6.97. The van der Waals surface area contributed by atoms with Gasteiger partial charge < -0.3 is 19.5 Å². The Labute approximate surface area is 223 Å². The molecule has 6 heteroatoms. The molecule has 0 radical (unpaired) electrons. The number of fused-ring (bicyclic) bond motifs is 2. The van der Waals surface area contributed by atoms with Crippen molar-refractivity contribution < 1.29 is 19.0 Å². The zero-order valence-corrected chi connectivity index (χ0v) is 22.4. The SMILES string of the molecule is COc1cc2c(cc1OCc1ccccc1)CCNC2/C=C/c1ccc2c(ccn2C(=O)OC(C)(C)C)c1. The molecule has 0 bridgehead atoms. The van der Waals surface area contributed by atoms with Crippen molar-refractivity contribution in [3.63, 3.8) is 0 Å². The molecular formula is C32H34N2O4. The van der Waals surface area contributed by atoms with Crippen molar-refractivity contribution in [1.82, 2.24) is 9.88 Å². The summed E-state index contributed by atoms with van der Waals surface area (Å²) in [5.74, 6) is 1.49. The predicted octanol–water partition coefficient (Wildman–Crippen LogP) is 6.91. The fourth-order valence-corrected chi connectivity index (χ4v) is 4.72. The molecule has 1 atom stereocenters. The molecule has 1 N–H and O–H groups in total. The van der Waals surface area contributed by atoms with E-state index >= 15 is 0 Å². The van der Waals surface area contributed by atoms with Gasteiger partial charge in [0, 0.05) is 18.1 Å². The topological polar surface area (TPSA) is 61.7 Å². The highest BCUT2D eigenvalue weighted by atomic mass is 16.6. The molecule has 1 aromatic heterocycles. The second-order valence-corrected chi connectivity index (χ2v) is 10.5. The van der Waals surface area contributed by atoms with Gasteiger partial charge in [-0.3, -0.25) is 4.57 Å². The number of carbonyl (C=O) groups is 1. The molecule has 6 nitrogen and oxygen atoms in total. The first-order valence-corrected chi connectivity index (χ1v) is 12.9. The normalized spacial score (nSPS) is 15.4. The molecule has 0 saturated heterocycles. The minimum absolute atomic E-state index is 0.0536. The monoisotopic (exact) mass is 510 g/mol. The summed E-state index contributed by atoms with van der Waals surface area (Å²) < 4.78 is 18.9. The Morgan fingerprint density at radius 3 is 2.63 bits per heavy atom. The number of rotatable bonds is 6. The standard InChI is InChI=1S/C32H34N2O4/c1-32(2,3)38-31(35)34-17-15-25-18-22(11-13-28(25)34)10-12-27-26-20-29(36-4)30(19-24(26)14-16-33-27)37-21-23-8-6-5-7-9-23/h5-13,15,17-20,27,33H,14,16,21H2,1-4H3/b12-10+. The summed E-state index contributed by atoms with van der Waals surface area (Å²) in [4.78, 5) is 12.6. The van der Waals surface area contributed by atoms with E-state index in [1.54, 1.807) is 17.9 Å². The van der Waals surface area contributed by atoms with Crippen LogP contribution in [-0.2, 0) is 17.8 Å². The highest BCUT2D eigenvalue weighted by molar-refractivity contribution is 5.90. The Morgan fingerprint density at radius 2 is 1.87 bits per heavy atom. The van der Waals surface area contributed by atoms with E-state index in [1.165, 1.54) is 11.1 Å². The van der Waals surface area contributed by atoms with E-state index < -0.39 is 5.60 Å². The van der Waals surface area contributed by atoms with Crippen LogP contribution in [0.15, 0.2) is 79.0 Å². The van der Waals surface area contributed by atoms with Crippen molar-refractivity contribution in [1.29, 1.82) is 0 Å². The van der Waals surface area contributed by atoms with Crippen LogP contribution >= 0.6 is 0 Å². The third kappa shape index (κ3) is 5.76. The van der Waals surface area contributed by atoms with Gasteiger partial charge in [0.05, 0.1) is 18.7 Å². The number of nitrogens with one attached hydrogen (secondary N) is 1. The van der Waals surface area contributed by atoms with E-state index in [2.05, 4.69) is 47.8 Å².